The maximum Gasteiger partial charge on any atom is 0.300 e. The van der Waals surface area contributed by atoms with Gasteiger partial charge in [0.15, 0.2) is 0 Å². The molecule has 0 saturated heterocycles. The summed E-state index contributed by atoms with van der Waals surface area (Å²) in [6, 6.07) is 3.27. The molecule has 3 N–H and O–H groups in total. The predicted octanol–water partition coefficient (Wildman–Crippen LogP) is 1.22. The average molecular weight is 297 g/mol. The molecule has 10 nitrogen and oxygen atoms in total. The van der Waals surface area contributed by atoms with Gasteiger partial charge < -0.3 is 5.11 Å². The van der Waals surface area contributed by atoms with Crippen LogP contribution in [0.5, 0.6) is 0 Å². The molecule has 1 rings (SSSR count). The Morgan fingerprint density at radius 2 is 2.05 bits per heavy atom. The van der Waals surface area contributed by atoms with E-state index in [1.807, 2.05) is 6.92 Å². The van der Waals surface area contributed by atoms with Gasteiger partial charge in [-0.25, -0.2) is 0 Å². The Bertz CT molecular complexity index is 560. The minimum atomic E-state index is -0.715. The number of nitro groups is 2. The maximum atomic E-state index is 10.9. The summed E-state index contributed by atoms with van der Waals surface area (Å²) >= 11 is 0. The first kappa shape index (κ1) is 16.3. The summed E-state index contributed by atoms with van der Waals surface area (Å²) in [7, 11) is 0. The standard InChI is InChI=1S/C11H15N5O5/c1-2-11(12-5-6-17)14-13-9-4-3-8(15(18)19)7-10(9)16(20)21/h3-4,7,13,17H,2,5-6H2,1H3,(H,12,14). The molecular weight excluding hydrogens is 282 g/mol. The molecule has 10 heteroatoms. The van der Waals surface area contributed by atoms with Crippen molar-refractivity contribution in [2.45, 2.75) is 13.3 Å². The molecule has 1 aromatic rings. The van der Waals surface area contributed by atoms with Crippen molar-refractivity contribution in [3.8, 4) is 0 Å². The van der Waals surface area contributed by atoms with Crippen LogP contribution >= 0.6 is 0 Å². The number of amidine groups is 1. The summed E-state index contributed by atoms with van der Waals surface area (Å²) in [5.74, 6) is 0.497. The highest BCUT2D eigenvalue weighted by atomic mass is 16.6. The molecule has 0 bridgehead atoms. The lowest BCUT2D eigenvalue weighted by Crippen LogP contribution is -2.29. The van der Waals surface area contributed by atoms with E-state index < -0.39 is 15.5 Å². The summed E-state index contributed by atoms with van der Waals surface area (Å²) in [5.41, 5.74) is 4.57. The lowest BCUT2D eigenvalue weighted by atomic mass is 10.2. The van der Waals surface area contributed by atoms with Crippen molar-refractivity contribution in [1.82, 2.24) is 5.43 Å². The summed E-state index contributed by atoms with van der Waals surface area (Å²) in [6.07, 6.45) is 0.522. The molecule has 0 amide bonds. The monoisotopic (exact) mass is 297 g/mol. The number of aliphatic imine (C=N–C) groups is 1. The van der Waals surface area contributed by atoms with Crippen molar-refractivity contribution in [1.29, 1.82) is 0 Å². The number of aliphatic hydroxyl groups is 1. The van der Waals surface area contributed by atoms with Crippen LogP contribution < -0.4 is 10.9 Å². The molecule has 0 fully saturated rings. The number of hydrazine groups is 1. The van der Waals surface area contributed by atoms with Crippen LogP contribution in [0, 0.1) is 20.2 Å². The molecule has 0 spiro atoms. The third kappa shape index (κ3) is 4.69. The van der Waals surface area contributed by atoms with E-state index in [2.05, 4.69) is 15.8 Å². The van der Waals surface area contributed by atoms with Gasteiger partial charge in [0.25, 0.3) is 5.69 Å². The number of non-ortho nitro benzene ring substituents is 1. The smallest absolute Gasteiger partial charge is 0.300 e. The highest BCUT2D eigenvalue weighted by molar-refractivity contribution is 5.83. The Hall–Kier alpha value is -2.75. The third-order valence-corrected chi connectivity index (χ3v) is 2.47. The van der Waals surface area contributed by atoms with E-state index in [0.29, 0.717) is 12.3 Å². The van der Waals surface area contributed by atoms with Gasteiger partial charge >= 0.3 is 5.69 Å². The van der Waals surface area contributed by atoms with Gasteiger partial charge in [0, 0.05) is 12.5 Å². The zero-order chi connectivity index (χ0) is 15.8. The Balaban J connectivity index is 2.92. The molecule has 0 unspecified atom stereocenters. The second-order valence-corrected chi connectivity index (χ2v) is 3.87. The fraction of sp³-hybridized carbons (Fsp3) is 0.364. The van der Waals surface area contributed by atoms with Crippen LogP contribution in [0.1, 0.15) is 13.3 Å². The van der Waals surface area contributed by atoms with Crippen molar-refractivity contribution in [3.05, 3.63) is 38.4 Å². The SMILES string of the molecule is CCC(=NCCO)NNc1ccc([N+](=O)[O-])cc1[N+](=O)[O-]. The van der Waals surface area contributed by atoms with E-state index in [9.17, 15) is 20.2 Å². The molecule has 0 aromatic heterocycles. The Labute approximate surface area is 119 Å². The van der Waals surface area contributed by atoms with Crippen LogP contribution in [0.3, 0.4) is 0 Å². The highest BCUT2D eigenvalue weighted by Gasteiger charge is 2.19. The first-order valence-corrected chi connectivity index (χ1v) is 6.08. The number of benzene rings is 1. The Morgan fingerprint density at radius 1 is 1.33 bits per heavy atom. The van der Waals surface area contributed by atoms with E-state index in [4.69, 9.17) is 5.11 Å². The summed E-state index contributed by atoms with van der Waals surface area (Å²) in [6.45, 7) is 1.91. The Morgan fingerprint density at radius 3 is 2.57 bits per heavy atom. The largest absolute Gasteiger partial charge is 0.394 e. The van der Waals surface area contributed by atoms with E-state index in [0.717, 1.165) is 12.1 Å². The quantitative estimate of drug-likeness (QED) is 0.297. The second-order valence-electron chi connectivity index (χ2n) is 3.87. The molecule has 0 aliphatic heterocycles. The lowest BCUT2D eigenvalue weighted by molar-refractivity contribution is -0.393. The maximum absolute atomic E-state index is 10.9. The van der Waals surface area contributed by atoms with Gasteiger partial charge in [0.05, 0.1) is 29.1 Å². The van der Waals surface area contributed by atoms with E-state index in [1.165, 1.54) is 6.07 Å². The van der Waals surface area contributed by atoms with Crippen LogP contribution in [0.4, 0.5) is 17.1 Å². The number of nitrogens with zero attached hydrogens (tertiary/aromatic N) is 3. The molecular formula is C11H15N5O5. The molecule has 0 saturated carbocycles. The minimum Gasteiger partial charge on any atom is -0.394 e. The number of hydrogen-bond donors (Lipinski definition) is 3. The first-order valence-electron chi connectivity index (χ1n) is 6.08. The molecule has 1 aromatic carbocycles. The molecule has 114 valence electrons. The summed E-state index contributed by atoms with van der Waals surface area (Å²) in [5, 5.41) is 30.2. The summed E-state index contributed by atoms with van der Waals surface area (Å²) < 4.78 is 0. The van der Waals surface area contributed by atoms with Crippen LogP contribution in [0.2, 0.25) is 0 Å². The van der Waals surface area contributed by atoms with Crippen molar-refractivity contribution in [2.75, 3.05) is 18.6 Å². The first-order chi connectivity index (χ1) is 9.99. The van der Waals surface area contributed by atoms with E-state index in [1.54, 1.807) is 0 Å². The second kappa shape index (κ2) is 7.75. The zero-order valence-corrected chi connectivity index (χ0v) is 11.3. The fourth-order valence-corrected chi connectivity index (χ4v) is 1.45. The van der Waals surface area contributed by atoms with Crippen molar-refractivity contribution < 1.29 is 15.0 Å². The molecule has 0 heterocycles. The average Bonchev–Trinajstić information content (AvgIpc) is 2.47. The van der Waals surface area contributed by atoms with Gasteiger partial charge in [-0.05, 0) is 6.07 Å². The number of aliphatic hydroxyl groups excluding tert-OH is 1. The van der Waals surface area contributed by atoms with Gasteiger partial charge in [-0.1, -0.05) is 6.92 Å². The van der Waals surface area contributed by atoms with Gasteiger partial charge in [0.2, 0.25) is 0 Å². The van der Waals surface area contributed by atoms with Crippen LogP contribution in [0.25, 0.3) is 0 Å². The minimum absolute atomic E-state index is 0.0794. The van der Waals surface area contributed by atoms with Gasteiger partial charge in [-0.2, -0.15) is 0 Å². The van der Waals surface area contributed by atoms with E-state index in [-0.39, 0.29) is 24.5 Å². The predicted molar refractivity (Wildman–Crippen MR) is 76.2 cm³/mol. The molecule has 0 radical (unpaired) electrons. The van der Waals surface area contributed by atoms with Gasteiger partial charge in [-0.15, -0.1) is 0 Å². The normalized spacial score (nSPS) is 11.0. The highest BCUT2D eigenvalue weighted by Crippen LogP contribution is 2.28. The van der Waals surface area contributed by atoms with Crippen molar-refractivity contribution >= 4 is 22.9 Å². The Kier molecular flexibility index (Phi) is 6.01. The molecule has 0 aliphatic carbocycles. The van der Waals surface area contributed by atoms with Gasteiger partial charge in [-0.3, -0.25) is 36.1 Å². The number of hydrogen-bond acceptors (Lipinski definition) is 7. The lowest BCUT2D eigenvalue weighted by Gasteiger charge is -2.11. The van der Waals surface area contributed by atoms with Crippen molar-refractivity contribution in [3.63, 3.8) is 0 Å². The van der Waals surface area contributed by atoms with Crippen LogP contribution in [-0.4, -0.2) is 33.9 Å². The molecule has 0 atom stereocenters. The zero-order valence-electron chi connectivity index (χ0n) is 11.3. The molecule has 21 heavy (non-hydrogen) atoms. The number of nitro benzene ring substituents is 2. The van der Waals surface area contributed by atoms with Crippen LogP contribution in [-0.2, 0) is 0 Å². The molecule has 0 aliphatic rings. The fourth-order valence-electron chi connectivity index (χ4n) is 1.45. The number of nitrogens with one attached hydrogen (secondary N) is 2. The summed E-state index contributed by atoms with van der Waals surface area (Å²) in [4.78, 5) is 24.1. The topological polar surface area (TPSA) is 143 Å². The van der Waals surface area contributed by atoms with Gasteiger partial charge in [0.1, 0.15) is 11.5 Å². The van der Waals surface area contributed by atoms with Crippen molar-refractivity contribution in [2.24, 2.45) is 4.99 Å². The van der Waals surface area contributed by atoms with Crippen LogP contribution in [0.15, 0.2) is 23.2 Å². The number of anilines is 1. The third-order valence-electron chi connectivity index (χ3n) is 2.47. The van der Waals surface area contributed by atoms with E-state index >= 15 is 0 Å². The number of rotatable bonds is 7.